The van der Waals surface area contributed by atoms with E-state index in [1.54, 1.807) is 18.3 Å². The lowest BCUT2D eigenvalue weighted by molar-refractivity contribution is 0.0636. The van der Waals surface area contributed by atoms with Crippen LogP contribution in [0.2, 0.25) is 5.02 Å². The second kappa shape index (κ2) is 11.5. The van der Waals surface area contributed by atoms with E-state index >= 15 is 0 Å². The molecule has 37 heavy (non-hydrogen) atoms. The van der Waals surface area contributed by atoms with E-state index in [0.29, 0.717) is 23.0 Å². The molecule has 3 aromatic rings. The summed E-state index contributed by atoms with van der Waals surface area (Å²) in [7, 11) is 0. The number of fused-ring (bicyclic) bond motifs is 1. The summed E-state index contributed by atoms with van der Waals surface area (Å²) in [5.41, 5.74) is 3.51. The number of hydrogen-bond acceptors (Lipinski definition) is 4. The highest BCUT2D eigenvalue weighted by molar-refractivity contribution is 6.30. The molecule has 0 fully saturated rings. The fraction of sp³-hybridized carbons (Fsp3) is 0.379. The predicted octanol–water partition coefficient (Wildman–Crippen LogP) is 6.80. The van der Waals surface area contributed by atoms with Gasteiger partial charge in [0.15, 0.2) is 0 Å². The van der Waals surface area contributed by atoms with E-state index in [1.165, 1.54) is 12.1 Å². The molecule has 8 heteroatoms. The zero-order valence-corrected chi connectivity index (χ0v) is 22.4. The zero-order valence-electron chi connectivity index (χ0n) is 21.6. The van der Waals surface area contributed by atoms with Crippen LogP contribution in [-0.2, 0) is 19.6 Å². The molecule has 2 aromatic carbocycles. The third-order valence-corrected chi connectivity index (χ3v) is 6.79. The Morgan fingerprint density at radius 1 is 1.08 bits per heavy atom. The van der Waals surface area contributed by atoms with Gasteiger partial charge in [0.05, 0.1) is 0 Å². The summed E-state index contributed by atoms with van der Waals surface area (Å²) < 4.78 is 33.4. The molecule has 4 rings (SSSR count). The third-order valence-electron chi connectivity index (χ3n) is 6.56. The first kappa shape index (κ1) is 26.9. The fourth-order valence-electron chi connectivity index (χ4n) is 4.94. The average Bonchev–Trinajstić information content (AvgIpc) is 2.84. The van der Waals surface area contributed by atoms with Gasteiger partial charge in [0.25, 0.3) is 5.91 Å². The molecule has 1 aliphatic rings. The fourth-order valence-corrected chi connectivity index (χ4v) is 5.14. The zero-order chi connectivity index (χ0) is 26.7. The predicted molar refractivity (Wildman–Crippen MR) is 142 cm³/mol. The van der Waals surface area contributed by atoms with Gasteiger partial charge in [-0.15, -0.1) is 0 Å². The van der Waals surface area contributed by atoms with E-state index in [-0.39, 0.29) is 30.2 Å². The van der Waals surface area contributed by atoms with E-state index in [9.17, 15) is 13.6 Å². The van der Waals surface area contributed by atoms with Crippen LogP contribution in [0.5, 0.6) is 5.75 Å². The van der Waals surface area contributed by atoms with Crippen molar-refractivity contribution in [2.45, 2.75) is 65.8 Å². The molecule has 2 heterocycles. The summed E-state index contributed by atoms with van der Waals surface area (Å²) >= 11 is 6.32. The Hall–Kier alpha value is -3.19. The summed E-state index contributed by atoms with van der Waals surface area (Å²) in [4.78, 5) is 22.0. The summed E-state index contributed by atoms with van der Waals surface area (Å²) in [6.45, 7) is 9.29. The number of carbonyl (C=O) groups excluding carboxylic acids is 1. The number of anilines is 1. The molecule has 0 radical (unpaired) electrons. The molecule has 0 N–H and O–H groups in total. The lowest BCUT2D eigenvalue weighted by Gasteiger charge is -2.35. The Morgan fingerprint density at radius 2 is 1.84 bits per heavy atom. The van der Waals surface area contributed by atoms with Crippen molar-refractivity contribution in [2.24, 2.45) is 0 Å². The molecule has 0 aliphatic carbocycles. The van der Waals surface area contributed by atoms with Gasteiger partial charge in [-0.25, -0.2) is 8.78 Å². The minimum absolute atomic E-state index is 0.0415. The quantitative estimate of drug-likeness (QED) is 0.323. The number of carbonyl (C=O) groups is 1. The van der Waals surface area contributed by atoms with Crippen molar-refractivity contribution >= 4 is 23.2 Å². The molecule has 1 aliphatic heterocycles. The van der Waals surface area contributed by atoms with Gasteiger partial charge < -0.3 is 14.5 Å². The first-order chi connectivity index (χ1) is 17.7. The van der Waals surface area contributed by atoms with Crippen LogP contribution in [0.25, 0.3) is 0 Å². The molecule has 0 bridgehead atoms. The number of rotatable bonds is 8. The lowest BCUT2D eigenvalue weighted by atomic mass is 9.98. The average molecular weight is 528 g/mol. The van der Waals surface area contributed by atoms with Crippen LogP contribution < -0.4 is 9.64 Å². The van der Waals surface area contributed by atoms with Crippen molar-refractivity contribution in [3.05, 3.63) is 87.7 Å². The second-order valence-electron chi connectivity index (χ2n) is 9.86. The normalized spacial score (nSPS) is 13.2. The van der Waals surface area contributed by atoms with Crippen molar-refractivity contribution in [1.29, 1.82) is 0 Å². The highest BCUT2D eigenvalue weighted by atomic mass is 35.5. The lowest BCUT2D eigenvalue weighted by Crippen LogP contribution is -2.43. The van der Waals surface area contributed by atoms with Crippen molar-refractivity contribution < 1.29 is 18.3 Å². The van der Waals surface area contributed by atoms with Gasteiger partial charge in [-0.2, -0.15) is 0 Å². The molecule has 0 saturated carbocycles. The molecular weight excluding hydrogens is 496 g/mol. The number of hydrogen-bond donors (Lipinski definition) is 0. The number of nitrogens with zero attached hydrogens (tertiary/aromatic N) is 3. The van der Waals surface area contributed by atoms with Crippen molar-refractivity contribution in [3.63, 3.8) is 0 Å². The Labute approximate surface area is 222 Å². The second-order valence-corrected chi connectivity index (χ2v) is 10.3. The number of aromatic nitrogens is 1. The molecule has 0 atom stereocenters. The van der Waals surface area contributed by atoms with E-state index in [2.05, 4.69) is 9.88 Å². The summed E-state index contributed by atoms with van der Waals surface area (Å²) in [6, 6.07) is 10.8. The van der Waals surface area contributed by atoms with E-state index in [4.69, 9.17) is 16.3 Å². The number of ether oxygens (including phenoxy) is 1. The number of benzene rings is 2. The Morgan fingerprint density at radius 3 is 2.54 bits per heavy atom. The highest BCUT2D eigenvalue weighted by Gasteiger charge is 2.29. The molecule has 0 spiro atoms. The monoisotopic (exact) mass is 527 g/mol. The van der Waals surface area contributed by atoms with Crippen molar-refractivity contribution in [2.75, 3.05) is 11.4 Å². The van der Waals surface area contributed by atoms with Gasteiger partial charge in [0.1, 0.15) is 29.7 Å². The molecule has 0 saturated heterocycles. The molecule has 196 valence electrons. The molecular formula is C29H32ClF2N3O2. The van der Waals surface area contributed by atoms with Gasteiger partial charge in [-0.1, -0.05) is 11.6 Å². The first-order valence-corrected chi connectivity index (χ1v) is 12.9. The van der Waals surface area contributed by atoms with Crippen LogP contribution in [-0.4, -0.2) is 34.4 Å². The van der Waals surface area contributed by atoms with Crippen LogP contribution in [0.3, 0.4) is 0 Å². The minimum Gasteiger partial charge on any atom is -0.488 e. The van der Waals surface area contributed by atoms with E-state index in [1.807, 2.05) is 44.7 Å². The molecule has 0 unspecified atom stereocenters. The van der Waals surface area contributed by atoms with Crippen LogP contribution in [0.4, 0.5) is 14.5 Å². The maximum Gasteiger partial charge on any atom is 0.273 e. The van der Waals surface area contributed by atoms with Crippen molar-refractivity contribution in [1.82, 2.24) is 9.88 Å². The molecule has 1 aromatic heterocycles. The Kier molecular flexibility index (Phi) is 8.32. The highest BCUT2D eigenvalue weighted by Crippen LogP contribution is 2.33. The number of halogens is 3. The summed E-state index contributed by atoms with van der Waals surface area (Å²) in [5, 5.41) is 0.558. The van der Waals surface area contributed by atoms with Crippen molar-refractivity contribution in [3.8, 4) is 5.75 Å². The van der Waals surface area contributed by atoms with Crippen LogP contribution in [0, 0.1) is 11.6 Å². The molecule has 1 amide bonds. The van der Waals surface area contributed by atoms with Gasteiger partial charge in [0.2, 0.25) is 0 Å². The molecule has 5 nitrogen and oxygen atoms in total. The first-order valence-electron chi connectivity index (χ1n) is 12.6. The summed E-state index contributed by atoms with van der Waals surface area (Å²) in [5.74, 6) is -0.773. The van der Waals surface area contributed by atoms with Gasteiger partial charge in [-0.3, -0.25) is 9.78 Å². The van der Waals surface area contributed by atoms with Crippen LogP contribution in [0.1, 0.15) is 61.3 Å². The Bertz CT molecular complexity index is 1270. The smallest absolute Gasteiger partial charge is 0.273 e. The maximum atomic E-state index is 14.1. The van der Waals surface area contributed by atoms with E-state index in [0.717, 1.165) is 42.3 Å². The van der Waals surface area contributed by atoms with Gasteiger partial charge in [-0.05, 0) is 76.9 Å². The van der Waals surface area contributed by atoms with Crippen LogP contribution in [0.15, 0.2) is 48.7 Å². The maximum absolute atomic E-state index is 14.1. The largest absolute Gasteiger partial charge is 0.488 e. The SMILES string of the molecule is CC(C)N(C(=O)c1nccc2c1CCCN2Cc1cc(Cl)ccc1OCc1ccc(F)cc1F)C(C)C. The topological polar surface area (TPSA) is 45.7 Å². The number of amides is 1. The Balaban J connectivity index is 1.61. The van der Waals surface area contributed by atoms with Crippen LogP contribution >= 0.6 is 11.6 Å². The van der Waals surface area contributed by atoms with Gasteiger partial charge in [0, 0.05) is 64.8 Å². The minimum atomic E-state index is -0.651. The number of pyridine rings is 1. The standard InChI is InChI=1S/C29H32ClF2N3O2/c1-18(2)35(19(3)4)29(36)28-24-6-5-13-34(26(24)11-12-33-28)16-21-14-22(30)8-10-27(21)37-17-20-7-9-23(31)15-25(20)32/h7-12,14-15,18-19H,5-6,13,16-17H2,1-4H3. The van der Waals surface area contributed by atoms with Gasteiger partial charge >= 0.3 is 0 Å². The third kappa shape index (κ3) is 6.04. The summed E-state index contributed by atoms with van der Waals surface area (Å²) in [6.07, 6.45) is 3.34. The van der Waals surface area contributed by atoms with E-state index < -0.39 is 11.6 Å².